The van der Waals surface area contributed by atoms with Crippen LogP contribution in [0.5, 0.6) is 5.75 Å². The predicted octanol–water partition coefficient (Wildman–Crippen LogP) is 2.38. The predicted molar refractivity (Wildman–Crippen MR) is 85.9 cm³/mol. The molecule has 0 radical (unpaired) electrons. The molecular weight excluding hydrogens is 276 g/mol. The van der Waals surface area contributed by atoms with Gasteiger partial charge >= 0.3 is 0 Å². The van der Waals surface area contributed by atoms with E-state index in [1.54, 1.807) is 12.7 Å². The maximum absolute atomic E-state index is 6.02. The lowest BCUT2D eigenvalue weighted by atomic mass is 9.99. The molecule has 1 aliphatic rings. The highest BCUT2D eigenvalue weighted by atomic mass is 16.5. The number of piperidine rings is 1. The fourth-order valence-corrected chi connectivity index (χ4v) is 3.01. The van der Waals surface area contributed by atoms with Crippen molar-refractivity contribution in [1.82, 2.24) is 19.7 Å². The summed E-state index contributed by atoms with van der Waals surface area (Å²) in [6, 6.07) is 8.24. The minimum atomic E-state index is 0.620. The monoisotopic (exact) mass is 300 g/mol. The molecule has 1 fully saturated rings. The highest BCUT2D eigenvalue weighted by Gasteiger charge is 2.20. The Hall–Kier alpha value is -1.88. The molecule has 0 spiro atoms. The normalized spacial score (nSPS) is 19.2. The molecule has 2 heterocycles. The lowest BCUT2D eigenvalue weighted by molar-refractivity contribution is 0.127. The molecule has 22 heavy (non-hydrogen) atoms. The maximum Gasteiger partial charge on any atom is 0.122 e. The van der Waals surface area contributed by atoms with Crippen molar-refractivity contribution in [3.05, 3.63) is 42.5 Å². The first-order chi connectivity index (χ1) is 10.8. The largest absolute Gasteiger partial charge is 0.493 e. The molecule has 1 aromatic heterocycles. The van der Waals surface area contributed by atoms with Gasteiger partial charge in [0, 0.05) is 25.6 Å². The van der Waals surface area contributed by atoms with Crippen molar-refractivity contribution in [1.29, 1.82) is 0 Å². The van der Waals surface area contributed by atoms with Crippen molar-refractivity contribution in [2.45, 2.75) is 26.3 Å². The van der Waals surface area contributed by atoms with Gasteiger partial charge in [0.2, 0.25) is 0 Å². The summed E-state index contributed by atoms with van der Waals surface area (Å²) in [5.74, 6) is 1.64. The SMILES string of the molecule is Cc1ccccc1OC[C@H]1CCCN(CCn2cnnc2)C1. The van der Waals surface area contributed by atoms with Gasteiger partial charge in [-0.15, -0.1) is 10.2 Å². The third-order valence-corrected chi connectivity index (χ3v) is 4.31. The molecule has 0 aliphatic carbocycles. The molecule has 0 amide bonds. The van der Waals surface area contributed by atoms with Crippen LogP contribution in [-0.4, -0.2) is 45.9 Å². The molecule has 0 unspecified atom stereocenters. The third-order valence-electron chi connectivity index (χ3n) is 4.31. The number of para-hydroxylation sites is 1. The van der Waals surface area contributed by atoms with Crippen LogP contribution in [0.4, 0.5) is 0 Å². The standard InChI is InChI=1S/C17H24N4O/c1-15-5-2-3-7-17(15)22-12-16-6-4-8-20(11-16)9-10-21-13-18-19-14-21/h2-3,5,7,13-14,16H,4,6,8-12H2,1H3/t16-/m0/s1. The first kappa shape index (κ1) is 15.0. The summed E-state index contributed by atoms with van der Waals surface area (Å²) in [6.07, 6.45) is 6.07. The fraction of sp³-hybridized carbons (Fsp3) is 0.529. The number of aryl methyl sites for hydroxylation is 1. The van der Waals surface area contributed by atoms with Crippen LogP contribution in [0.1, 0.15) is 18.4 Å². The minimum Gasteiger partial charge on any atom is -0.493 e. The summed E-state index contributed by atoms with van der Waals surface area (Å²) in [4.78, 5) is 2.52. The third kappa shape index (κ3) is 4.07. The van der Waals surface area contributed by atoms with Gasteiger partial charge < -0.3 is 14.2 Å². The number of aromatic nitrogens is 3. The number of hydrogen-bond acceptors (Lipinski definition) is 4. The van der Waals surface area contributed by atoms with Crippen molar-refractivity contribution in [2.24, 2.45) is 5.92 Å². The summed E-state index contributed by atoms with van der Waals surface area (Å²) in [5.41, 5.74) is 1.21. The average molecular weight is 300 g/mol. The average Bonchev–Trinajstić information content (AvgIpc) is 3.06. The second-order valence-electron chi connectivity index (χ2n) is 6.09. The summed E-state index contributed by atoms with van der Waals surface area (Å²) < 4.78 is 8.06. The zero-order valence-electron chi connectivity index (χ0n) is 13.2. The Labute approximate surface area is 131 Å². The maximum atomic E-state index is 6.02. The van der Waals surface area contributed by atoms with Crippen molar-refractivity contribution >= 4 is 0 Å². The van der Waals surface area contributed by atoms with Gasteiger partial charge in [0.1, 0.15) is 18.4 Å². The molecular formula is C17H24N4O. The van der Waals surface area contributed by atoms with E-state index in [1.165, 1.54) is 24.9 Å². The molecule has 5 nitrogen and oxygen atoms in total. The van der Waals surface area contributed by atoms with Gasteiger partial charge in [-0.1, -0.05) is 18.2 Å². The number of hydrogen-bond donors (Lipinski definition) is 0. The highest BCUT2D eigenvalue weighted by molar-refractivity contribution is 5.31. The van der Waals surface area contributed by atoms with Gasteiger partial charge in [0.25, 0.3) is 0 Å². The van der Waals surface area contributed by atoms with Crippen LogP contribution >= 0.6 is 0 Å². The Morgan fingerprint density at radius 3 is 2.82 bits per heavy atom. The number of benzene rings is 1. The van der Waals surface area contributed by atoms with Gasteiger partial charge in [-0.25, -0.2) is 0 Å². The molecule has 0 saturated carbocycles. The van der Waals surface area contributed by atoms with Crippen molar-refractivity contribution in [3.63, 3.8) is 0 Å². The van der Waals surface area contributed by atoms with Gasteiger partial charge in [-0.3, -0.25) is 0 Å². The summed E-state index contributed by atoms with van der Waals surface area (Å²) in [6.45, 7) is 7.23. The van der Waals surface area contributed by atoms with Crippen molar-refractivity contribution < 1.29 is 4.74 Å². The molecule has 118 valence electrons. The lowest BCUT2D eigenvalue weighted by Crippen LogP contribution is -2.39. The van der Waals surface area contributed by atoms with Crippen LogP contribution in [0.2, 0.25) is 0 Å². The molecule has 2 aromatic rings. The van der Waals surface area contributed by atoms with Gasteiger partial charge in [0.05, 0.1) is 6.61 Å². The van der Waals surface area contributed by atoms with E-state index in [9.17, 15) is 0 Å². The smallest absolute Gasteiger partial charge is 0.122 e. The molecule has 5 heteroatoms. The fourth-order valence-electron chi connectivity index (χ4n) is 3.01. The molecule has 1 aliphatic heterocycles. The number of ether oxygens (including phenoxy) is 1. The van der Waals surface area contributed by atoms with E-state index in [0.29, 0.717) is 5.92 Å². The second-order valence-corrected chi connectivity index (χ2v) is 6.09. The van der Waals surface area contributed by atoms with E-state index in [-0.39, 0.29) is 0 Å². The zero-order valence-corrected chi connectivity index (χ0v) is 13.2. The van der Waals surface area contributed by atoms with Crippen molar-refractivity contribution in [2.75, 3.05) is 26.2 Å². The van der Waals surface area contributed by atoms with E-state index in [2.05, 4.69) is 40.2 Å². The van der Waals surface area contributed by atoms with Crippen LogP contribution in [-0.2, 0) is 6.54 Å². The lowest BCUT2D eigenvalue weighted by Gasteiger charge is -2.32. The van der Waals surface area contributed by atoms with Crippen LogP contribution < -0.4 is 4.74 Å². The van der Waals surface area contributed by atoms with Crippen LogP contribution in [0.3, 0.4) is 0 Å². The number of rotatable bonds is 6. The van der Waals surface area contributed by atoms with Gasteiger partial charge in [0.15, 0.2) is 0 Å². The van der Waals surface area contributed by atoms with Gasteiger partial charge in [-0.05, 0) is 37.9 Å². The van der Waals surface area contributed by atoms with E-state index in [0.717, 1.165) is 32.0 Å². The summed E-state index contributed by atoms with van der Waals surface area (Å²) in [7, 11) is 0. The molecule has 3 rings (SSSR count). The quantitative estimate of drug-likeness (QED) is 0.821. The molecule has 0 bridgehead atoms. The Morgan fingerprint density at radius 2 is 2.00 bits per heavy atom. The minimum absolute atomic E-state index is 0.620. The first-order valence-corrected chi connectivity index (χ1v) is 8.04. The van der Waals surface area contributed by atoms with Crippen LogP contribution in [0.15, 0.2) is 36.9 Å². The second kappa shape index (κ2) is 7.40. The first-order valence-electron chi connectivity index (χ1n) is 8.04. The Kier molecular flexibility index (Phi) is 5.06. The van der Waals surface area contributed by atoms with Crippen molar-refractivity contribution in [3.8, 4) is 5.75 Å². The van der Waals surface area contributed by atoms with Gasteiger partial charge in [-0.2, -0.15) is 0 Å². The molecule has 1 saturated heterocycles. The zero-order chi connectivity index (χ0) is 15.2. The topological polar surface area (TPSA) is 43.2 Å². The molecule has 1 atom stereocenters. The highest BCUT2D eigenvalue weighted by Crippen LogP contribution is 2.21. The number of nitrogens with zero attached hydrogens (tertiary/aromatic N) is 4. The molecule has 0 N–H and O–H groups in total. The number of likely N-dealkylation sites (tertiary alicyclic amines) is 1. The van der Waals surface area contributed by atoms with E-state index in [4.69, 9.17) is 4.74 Å². The Morgan fingerprint density at radius 1 is 1.18 bits per heavy atom. The Balaban J connectivity index is 1.45. The van der Waals surface area contributed by atoms with Crippen LogP contribution in [0.25, 0.3) is 0 Å². The van der Waals surface area contributed by atoms with E-state index >= 15 is 0 Å². The van der Waals surface area contributed by atoms with Crippen LogP contribution in [0, 0.1) is 12.8 Å². The summed E-state index contributed by atoms with van der Waals surface area (Å²) >= 11 is 0. The molecule has 1 aromatic carbocycles. The Bertz CT molecular complexity index is 570. The van der Waals surface area contributed by atoms with E-state index < -0.39 is 0 Å². The summed E-state index contributed by atoms with van der Waals surface area (Å²) in [5, 5.41) is 7.69. The van der Waals surface area contributed by atoms with E-state index in [1.807, 2.05) is 10.6 Å².